The van der Waals surface area contributed by atoms with Crippen molar-refractivity contribution < 1.29 is 10.0 Å². The van der Waals surface area contributed by atoms with Crippen molar-refractivity contribution in [3.05, 3.63) is 22.2 Å². The average molecular weight is 238 g/mol. The smallest absolute Gasteiger partial charge is 0.311 e. The summed E-state index contributed by atoms with van der Waals surface area (Å²) in [5.74, 6) is 0.554. The molecule has 3 N–H and O–H groups in total. The monoisotopic (exact) mass is 238 g/mol. The fourth-order valence-electron chi connectivity index (χ4n) is 1.91. The molecule has 92 valence electrons. The number of nitrogens with two attached hydrogens (primary N) is 1. The van der Waals surface area contributed by atoms with E-state index in [1.165, 1.54) is 12.1 Å². The number of nitrogen functional groups attached to an aromatic ring is 1. The second-order valence-corrected chi connectivity index (χ2v) is 4.05. The van der Waals surface area contributed by atoms with Crippen molar-refractivity contribution in [3.63, 3.8) is 0 Å². The van der Waals surface area contributed by atoms with E-state index in [4.69, 9.17) is 5.73 Å². The third-order valence-electron chi connectivity index (χ3n) is 2.84. The number of aliphatic hydroxyl groups is 1. The number of nitrogens with zero attached hydrogens (tertiary/aromatic N) is 3. The first kappa shape index (κ1) is 11.6. The minimum atomic E-state index is -0.465. The molecular formula is C10H14N4O3. The maximum Gasteiger partial charge on any atom is 0.311 e. The Morgan fingerprint density at radius 1 is 1.47 bits per heavy atom. The fourth-order valence-corrected chi connectivity index (χ4v) is 1.91. The molecule has 0 amide bonds. The highest BCUT2D eigenvalue weighted by atomic mass is 16.6. The van der Waals surface area contributed by atoms with Crippen LogP contribution in [0.15, 0.2) is 12.1 Å². The van der Waals surface area contributed by atoms with Crippen LogP contribution in [0.2, 0.25) is 0 Å². The molecule has 0 unspecified atom stereocenters. The summed E-state index contributed by atoms with van der Waals surface area (Å²) in [4.78, 5) is 16.2. The predicted octanol–water partition coefficient (Wildman–Crippen LogP) is 0.533. The highest BCUT2D eigenvalue weighted by molar-refractivity contribution is 5.61. The zero-order valence-corrected chi connectivity index (χ0v) is 9.24. The Morgan fingerprint density at radius 2 is 2.12 bits per heavy atom. The van der Waals surface area contributed by atoms with Gasteiger partial charge in [0.25, 0.3) is 0 Å². The van der Waals surface area contributed by atoms with Crippen LogP contribution in [0, 0.1) is 10.1 Å². The van der Waals surface area contributed by atoms with Gasteiger partial charge in [0.05, 0.1) is 11.0 Å². The van der Waals surface area contributed by atoms with Crippen LogP contribution in [0.3, 0.4) is 0 Å². The lowest BCUT2D eigenvalue weighted by molar-refractivity contribution is -0.384. The molecule has 1 saturated heterocycles. The zero-order valence-electron chi connectivity index (χ0n) is 9.24. The molecule has 2 rings (SSSR count). The molecular weight excluding hydrogens is 224 g/mol. The van der Waals surface area contributed by atoms with Crippen LogP contribution in [0.4, 0.5) is 17.3 Å². The summed E-state index contributed by atoms with van der Waals surface area (Å²) in [6.07, 6.45) is 0.854. The van der Waals surface area contributed by atoms with Crippen molar-refractivity contribution in [1.82, 2.24) is 4.98 Å². The normalized spacial score (nSPS) is 17.1. The van der Waals surface area contributed by atoms with Crippen LogP contribution in [-0.4, -0.2) is 34.2 Å². The Bertz CT molecular complexity index is 430. The number of aliphatic hydroxyl groups excluding tert-OH is 1. The molecule has 1 fully saturated rings. The molecule has 1 aliphatic rings. The van der Waals surface area contributed by atoms with Crippen LogP contribution in [0.5, 0.6) is 0 Å². The van der Waals surface area contributed by atoms with E-state index < -0.39 is 4.92 Å². The van der Waals surface area contributed by atoms with Gasteiger partial charge in [-0.3, -0.25) is 10.1 Å². The molecule has 0 radical (unpaired) electrons. The van der Waals surface area contributed by atoms with Crippen molar-refractivity contribution >= 4 is 17.3 Å². The van der Waals surface area contributed by atoms with Gasteiger partial charge in [-0.25, -0.2) is 4.98 Å². The second-order valence-electron chi connectivity index (χ2n) is 4.05. The predicted molar refractivity (Wildman–Crippen MR) is 62.8 cm³/mol. The van der Waals surface area contributed by atoms with Crippen molar-refractivity contribution in [2.24, 2.45) is 0 Å². The van der Waals surface area contributed by atoms with Gasteiger partial charge in [0.2, 0.25) is 5.82 Å². The Kier molecular flexibility index (Phi) is 3.10. The SMILES string of the molecule is Nc1ccc([N+](=O)[O-])c(N2CCC(O)CC2)n1. The lowest BCUT2D eigenvalue weighted by Crippen LogP contribution is -2.36. The largest absolute Gasteiger partial charge is 0.393 e. The first-order chi connectivity index (χ1) is 8.08. The number of anilines is 2. The van der Waals surface area contributed by atoms with Gasteiger partial charge in [0, 0.05) is 19.2 Å². The molecule has 0 bridgehead atoms. The van der Waals surface area contributed by atoms with Crippen molar-refractivity contribution in [2.45, 2.75) is 18.9 Å². The molecule has 1 aliphatic heterocycles. The van der Waals surface area contributed by atoms with E-state index in [0.29, 0.717) is 31.7 Å². The van der Waals surface area contributed by atoms with Crippen LogP contribution in [0.25, 0.3) is 0 Å². The van der Waals surface area contributed by atoms with Crippen molar-refractivity contribution in [1.29, 1.82) is 0 Å². The number of pyridine rings is 1. The van der Waals surface area contributed by atoms with Gasteiger partial charge < -0.3 is 15.7 Å². The zero-order chi connectivity index (χ0) is 12.4. The molecule has 0 aliphatic carbocycles. The van der Waals surface area contributed by atoms with Gasteiger partial charge in [0.1, 0.15) is 5.82 Å². The lowest BCUT2D eigenvalue weighted by Gasteiger charge is -2.30. The molecule has 0 atom stereocenters. The molecule has 0 saturated carbocycles. The van der Waals surface area contributed by atoms with Crippen molar-refractivity contribution in [2.75, 3.05) is 23.7 Å². The molecule has 17 heavy (non-hydrogen) atoms. The quantitative estimate of drug-likeness (QED) is 0.575. The van der Waals surface area contributed by atoms with E-state index in [1.807, 2.05) is 0 Å². The van der Waals surface area contributed by atoms with E-state index in [-0.39, 0.29) is 17.6 Å². The summed E-state index contributed by atoms with van der Waals surface area (Å²) in [6, 6.07) is 2.78. The minimum absolute atomic E-state index is 0.0458. The summed E-state index contributed by atoms with van der Waals surface area (Å²) in [6.45, 7) is 1.11. The Balaban J connectivity index is 2.30. The van der Waals surface area contributed by atoms with Gasteiger partial charge in [-0.1, -0.05) is 0 Å². The highest BCUT2D eigenvalue weighted by Gasteiger charge is 2.25. The van der Waals surface area contributed by atoms with E-state index >= 15 is 0 Å². The number of nitro groups is 1. The third-order valence-corrected chi connectivity index (χ3v) is 2.84. The van der Waals surface area contributed by atoms with E-state index in [9.17, 15) is 15.2 Å². The summed E-state index contributed by atoms with van der Waals surface area (Å²) >= 11 is 0. The molecule has 7 heteroatoms. The second kappa shape index (κ2) is 4.54. The van der Waals surface area contributed by atoms with Crippen LogP contribution in [-0.2, 0) is 0 Å². The molecule has 0 spiro atoms. The van der Waals surface area contributed by atoms with Crippen LogP contribution < -0.4 is 10.6 Å². The topological polar surface area (TPSA) is 106 Å². The molecule has 2 heterocycles. The number of aromatic nitrogens is 1. The molecule has 7 nitrogen and oxygen atoms in total. The minimum Gasteiger partial charge on any atom is -0.393 e. The first-order valence-electron chi connectivity index (χ1n) is 5.42. The summed E-state index contributed by atoms with van der Waals surface area (Å²) in [5.41, 5.74) is 5.51. The van der Waals surface area contributed by atoms with Gasteiger partial charge in [-0.15, -0.1) is 0 Å². The lowest BCUT2D eigenvalue weighted by atomic mass is 10.1. The number of rotatable bonds is 2. The van der Waals surface area contributed by atoms with Gasteiger partial charge in [0.15, 0.2) is 0 Å². The third kappa shape index (κ3) is 2.44. The maximum absolute atomic E-state index is 10.9. The van der Waals surface area contributed by atoms with E-state index in [1.54, 1.807) is 4.90 Å². The summed E-state index contributed by atoms with van der Waals surface area (Å²) in [7, 11) is 0. The van der Waals surface area contributed by atoms with Crippen LogP contribution in [0.1, 0.15) is 12.8 Å². The van der Waals surface area contributed by atoms with Crippen LogP contribution >= 0.6 is 0 Å². The van der Waals surface area contributed by atoms with Crippen molar-refractivity contribution in [3.8, 4) is 0 Å². The highest BCUT2D eigenvalue weighted by Crippen LogP contribution is 2.28. The Hall–Kier alpha value is -1.89. The number of piperidine rings is 1. The van der Waals surface area contributed by atoms with Gasteiger partial charge in [-0.05, 0) is 18.9 Å². The standard InChI is InChI=1S/C10H14N4O3/c11-9-2-1-8(14(16)17)10(12-9)13-5-3-7(15)4-6-13/h1-2,7,15H,3-6H2,(H2,11,12). The maximum atomic E-state index is 10.9. The van der Waals surface area contributed by atoms with Gasteiger partial charge >= 0.3 is 5.69 Å². The van der Waals surface area contributed by atoms with E-state index in [0.717, 1.165) is 0 Å². The fraction of sp³-hybridized carbons (Fsp3) is 0.500. The Morgan fingerprint density at radius 3 is 2.71 bits per heavy atom. The van der Waals surface area contributed by atoms with E-state index in [2.05, 4.69) is 4.98 Å². The molecule has 1 aromatic rings. The summed E-state index contributed by atoms with van der Waals surface area (Å²) < 4.78 is 0. The number of hydrogen-bond donors (Lipinski definition) is 2. The summed E-state index contributed by atoms with van der Waals surface area (Å²) in [5, 5.41) is 20.3. The first-order valence-corrected chi connectivity index (χ1v) is 5.42. The number of hydrogen-bond acceptors (Lipinski definition) is 6. The van der Waals surface area contributed by atoms with Gasteiger partial charge in [-0.2, -0.15) is 0 Å². The average Bonchev–Trinajstić information content (AvgIpc) is 2.29. The Labute approximate surface area is 98.0 Å². The molecule has 1 aromatic heterocycles. The molecule has 0 aromatic carbocycles.